The molecule has 1 aliphatic rings. The predicted octanol–water partition coefficient (Wildman–Crippen LogP) is 4.15. The Morgan fingerprint density at radius 2 is 2.04 bits per heavy atom. The minimum atomic E-state index is -0.277. The van der Waals surface area contributed by atoms with Gasteiger partial charge in [-0.15, -0.1) is 11.3 Å². The highest BCUT2D eigenvalue weighted by molar-refractivity contribution is 7.14. The fraction of sp³-hybridized carbons (Fsp3) is 0.100. The maximum atomic E-state index is 12.4. The first kappa shape index (κ1) is 17.3. The van der Waals surface area contributed by atoms with Crippen molar-refractivity contribution in [2.75, 3.05) is 17.3 Å². The van der Waals surface area contributed by atoms with E-state index in [9.17, 15) is 4.79 Å². The molecule has 4 rings (SSSR count). The standard InChI is InChI=1S/C20H18N4O2S/c1-26-16-4-2-3-13(11-16)19(25)23-14-5-7-15(8-6-14)24-12-22-20-17(18(24)21)9-10-27-20/h2-12,18H,21H2,1H3,(H,23,25). The van der Waals surface area contributed by atoms with Crippen LogP contribution in [-0.2, 0) is 0 Å². The number of nitrogens with one attached hydrogen (secondary N) is 1. The molecule has 0 fully saturated rings. The maximum Gasteiger partial charge on any atom is 0.255 e. The van der Waals surface area contributed by atoms with Crippen LogP contribution in [-0.4, -0.2) is 19.4 Å². The van der Waals surface area contributed by atoms with Crippen molar-refractivity contribution in [1.29, 1.82) is 0 Å². The van der Waals surface area contributed by atoms with Crippen molar-refractivity contribution in [2.24, 2.45) is 10.7 Å². The third kappa shape index (κ3) is 3.42. The zero-order valence-corrected chi connectivity index (χ0v) is 15.4. The second kappa shape index (κ2) is 7.22. The van der Waals surface area contributed by atoms with Crippen molar-refractivity contribution < 1.29 is 9.53 Å². The number of aliphatic imine (C=N–C) groups is 1. The van der Waals surface area contributed by atoms with Gasteiger partial charge in [0.25, 0.3) is 5.91 Å². The zero-order valence-electron chi connectivity index (χ0n) is 14.6. The molecule has 1 amide bonds. The molecule has 0 saturated carbocycles. The van der Waals surface area contributed by atoms with E-state index in [1.165, 1.54) is 0 Å². The highest BCUT2D eigenvalue weighted by Gasteiger charge is 2.23. The molecule has 3 N–H and O–H groups in total. The zero-order chi connectivity index (χ0) is 18.8. The molecule has 1 atom stereocenters. The Hall–Kier alpha value is -3.16. The van der Waals surface area contributed by atoms with E-state index in [0.29, 0.717) is 17.0 Å². The van der Waals surface area contributed by atoms with Gasteiger partial charge in [-0.25, -0.2) is 4.99 Å². The van der Waals surface area contributed by atoms with Crippen LogP contribution in [0.4, 0.5) is 16.4 Å². The monoisotopic (exact) mass is 378 g/mol. The van der Waals surface area contributed by atoms with Crippen molar-refractivity contribution in [2.45, 2.75) is 6.17 Å². The molecular formula is C20H18N4O2S. The summed E-state index contributed by atoms with van der Waals surface area (Å²) in [7, 11) is 1.57. The second-order valence-electron chi connectivity index (χ2n) is 6.01. The van der Waals surface area contributed by atoms with E-state index >= 15 is 0 Å². The van der Waals surface area contributed by atoms with Crippen LogP contribution in [0.3, 0.4) is 0 Å². The summed E-state index contributed by atoms with van der Waals surface area (Å²) in [5.74, 6) is 0.449. The summed E-state index contributed by atoms with van der Waals surface area (Å²) in [6.45, 7) is 0. The van der Waals surface area contributed by atoms with Gasteiger partial charge in [0.05, 0.1) is 13.4 Å². The lowest BCUT2D eigenvalue weighted by Gasteiger charge is -2.29. The SMILES string of the molecule is COc1cccc(C(=O)Nc2ccc(N3C=Nc4sccc4C3N)cc2)c1. The van der Waals surface area contributed by atoms with Crippen LogP contribution in [0, 0.1) is 0 Å². The van der Waals surface area contributed by atoms with Gasteiger partial charge in [0, 0.05) is 22.5 Å². The van der Waals surface area contributed by atoms with Gasteiger partial charge >= 0.3 is 0 Å². The fourth-order valence-corrected chi connectivity index (χ4v) is 3.67. The number of nitrogens with two attached hydrogens (primary N) is 1. The summed E-state index contributed by atoms with van der Waals surface area (Å²) in [6, 6.07) is 16.5. The number of ether oxygens (including phenoxy) is 1. The first-order valence-electron chi connectivity index (χ1n) is 8.36. The minimum absolute atomic E-state index is 0.194. The number of fused-ring (bicyclic) bond motifs is 1. The number of carbonyl (C=O) groups is 1. The molecule has 3 aromatic rings. The van der Waals surface area contributed by atoms with Crippen LogP contribution < -0.4 is 20.7 Å². The van der Waals surface area contributed by atoms with Gasteiger partial charge in [-0.1, -0.05) is 6.07 Å². The minimum Gasteiger partial charge on any atom is -0.497 e. The highest BCUT2D eigenvalue weighted by atomic mass is 32.1. The molecule has 0 bridgehead atoms. The number of methoxy groups -OCH3 is 1. The number of thiophene rings is 1. The molecule has 27 heavy (non-hydrogen) atoms. The molecule has 1 aromatic heterocycles. The number of rotatable bonds is 4. The molecular weight excluding hydrogens is 360 g/mol. The van der Waals surface area contributed by atoms with E-state index < -0.39 is 0 Å². The number of hydrogen-bond acceptors (Lipinski definition) is 6. The smallest absolute Gasteiger partial charge is 0.255 e. The van der Waals surface area contributed by atoms with E-state index in [1.54, 1.807) is 49.1 Å². The van der Waals surface area contributed by atoms with Crippen LogP contribution in [0.25, 0.3) is 0 Å². The van der Waals surface area contributed by atoms with Gasteiger partial charge in [0.2, 0.25) is 0 Å². The summed E-state index contributed by atoms with van der Waals surface area (Å²) in [4.78, 5) is 18.8. The van der Waals surface area contributed by atoms with Crippen molar-refractivity contribution in [3.63, 3.8) is 0 Å². The molecule has 0 radical (unpaired) electrons. The average molecular weight is 378 g/mol. The van der Waals surface area contributed by atoms with Gasteiger partial charge in [-0.2, -0.15) is 0 Å². The Balaban J connectivity index is 1.48. The van der Waals surface area contributed by atoms with Crippen LogP contribution >= 0.6 is 11.3 Å². The molecule has 2 aromatic carbocycles. The predicted molar refractivity (Wildman–Crippen MR) is 109 cm³/mol. The van der Waals surface area contributed by atoms with Gasteiger partial charge in [-0.05, 0) is 53.9 Å². The Kier molecular flexibility index (Phi) is 4.62. The summed E-state index contributed by atoms with van der Waals surface area (Å²) in [5, 5.41) is 5.82. The van der Waals surface area contributed by atoms with Gasteiger partial charge < -0.3 is 20.7 Å². The molecule has 2 heterocycles. The summed E-state index contributed by atoms with van der Waals surface area (Å²) in [5.41, 5.74) is 9.50. The molecule has 0 saturated heterocycles. The first-order chi connectivity index (χ1) is 13.2. The number of carbonyl (C=O) groups excluding carboxylic acids is 1. The van der Waals surface area contributed by atoms with E-state index in [2.05, 4.69) is 10.3 Å². The Labute approximate surface area is 160 Å². The molecule has 1 aliphatic heterocycles. The van der Waals surface area contributed by atoms with Crippen LogP contribution in [0.1, 0.15) is 22.1 Å². The van der Waals surface area contributed by atoms with E-state index in [4.69, 9.17) is 10.5 Å². The van der Waals surface area contributed by atoms with Crippen molar-refractivity contribution in [3.8, 4) is 5.75 Å². The van der Waals surface area contributed by atoms with Gasteiger partial charge in [0.15, 0.2) is 0 Å². The van der Waals surface area contributed by atoms with E-state index in [-0.39, 0.29) is 12.1 Å². The summed E-state index contributed by atoms with van der Waals surface area (Å²) in [6.07, 6.45) is 1.47. The Morgan fingerprint density at radius 1 is 1.22 bits per heavy atom. The highest BCUT2D eigenvalue weighted by Crippen LogP contribution is 2.36. The third-order valence-electron chi connectivity index (χ3n) is 4.35. The van der Waals surface area contributed by atoms with Crippen molar-refractivity contribution >= 4 is 40.0 Å². The number of anilines is 2. The first-order valence-corrected chi connectivity index (χ1v) is 9.24. The van der Waals surface area contributed by atoms with Gasteiger partial charge in [-0.3, -0.25) is 4.79 Å². The molecule has 6 nitrogen and oxygen atoms in total. The second-order valence-corrected chi connectivity index (χ2v) is 6.91. The lowest BCUT2D eigenvalue weighted by Crippen LogP contribution is -2.35. The summed E-state index contributed by atoms with van der Waals surface area (Å²) < 4.78 is 5.16. The Morgan fingerprint density at radius 3 is 2.81 bits per heavy atom. The quantitative estimate of drug-likeness (QED) is 0.715. The largest absolute Gasteiger partial charge is 0.497 e. The number of hydrogen-bond donors (Lipinski definition) is 2. The van der Waals surface area contributed by atoms with E-state index in [1.807, 2.05) is 40.6 Å². The molecule has 1 unspecified atom stereocenters. The number of amides is 1. The fourth-order valence-electron chi connectivity index (χ4n) is 2.89. The van der Waals surface area contributed by atoms with Crippen molar-refractivity contribution in [1.82, 2.24) is 0 Å². The number of benzene rings is 2. The third-order valence-corrected chi connectivity index (χ3v) is 5.18. The lowest BCUT2D eigenvalue weighted by molar-refractivity contribution is 0.102. The van der Waals surface area contributed by atoms with Crippen molar-refractivity contribution in [3.05, 3.63) is 71.1 Å². The topological polar surface area (TPSA) is 80.0 Å². The molecule has 7 heteroatoms. The molecule has 0 aliphatic carbocycles. The Bertz CT molecular complexity index is 997. The summed E-state index contributed by atoms with van der Waals surface area (Å²) >= 11 is 1.58. The van der Waals surface area contributed by atoms with Gasteiger partial charge in [0.1, 0.15) is 16.9 Å². The molecule has 136 valence electrons. The molecule has 0 spiro atoms. The normalized spacial score (nSPS) is 15.3. The van der Waals surface area contributed by atoms with Crippen LogP contribution in [0.15, 0.2) is 65.0 Å². The lowest BCUT2D eigenvalue weighted by atomic mass is 10.1. The van der Waals surface area contributed by atoms with Crippen LogP contribution in [0.5, 0.6) is 5.75 Å². The van der Waals surface area contributed by atoms with E-state index in [0.717, 1.165) is 16.3 Å². The average Bonchev–Trinajstić information content (AvgIpc) is 3.19. The van der Waals surface area contributed by atoms with Crippen LogP contribution in [0.2, 0.25) is 0 Å². The number of nitrogens with zero attached hydrogens (tertiary/aromatic N) is 2. The maximum absolute atomic E-state index is 12.4.